The molecular formula is C11H14N4. The Hall–Kier alpha value is -1.71. The monoisotopic (exact) mass is 202 g/mol. The topological polar surface area (TPSA) is 63.6 Å². The van der Waals surface area contributed by atoms with E-state index in [0.29, 0.717) is 11.8 Å². The van der Waals surface area contributed by atoms with E-state index in [1.165, 1.54) is 0 Å². The van der Waals surface area contributed by atoms with Crippen molar-refractivity contribution in [2.75, 3.05) is 0 Å². The lowest BCUT2D eigenvalue weighted by Gasteiger charge is -2.19. The highest BCUT2D eigenvalue weighted by Gasteiger charge is 2.20. The van der Waals surface area contributed by atoms with Gasteiger partial charge < -0.3 is 5.73 Å². The van der Waals surface area contributed by atoms with Gasteiger partial charge in [0, 0.05) is 30.3 Å². The normalized spacial score (nSPS) is 20.7. The van der Waals surface area contributed by atoms with Crippen LogP contribution in [0.3, 0.4) is 0 Å². The lowest BCUT2D eigenvalue weighted by Crippen LogP contribution is -2.26. The van der Waals surface area contributed by atoms with E-state index < -0.39 is 0 Å². The Morgan fingerprint density at radius 1 is 1.47 bits per heavy atom. The van der Waals surface area contributed by atoms with Gasteiger partial charge in [0.2, 0.25) is 0 Å². The minimum atomic E-state index is 0.367. The number of pyridine rings is 1. The maximum atomic E-state index is 5.67. The molecule has 0 amide bonds. The van der Waals surface area contributed by atoms with Gasteiger partial charge in [-0.15, -0.1) is 5.10 Å². The molecule has 1 aromatic rings. The van der Waals surface area contributed by atoms with Gasteiger partial charge in [0.05, 0.1) is 5.71 Å². The number of nitrogens with two attached hydrogens (primary N) is 1. The summed E-state index contributed by atoms with van der Waals surface area (Å²) in [6.45, 7) is 2.13. The van der Waals surface area contributed by atoms with Crippen molar-refractivity contribution in [1.82, 2.24) is 4.98 Å². The number of rotatable bonds is 2. The first-order valence-corrected chi connectivity index (χ1v) is 5.11. The molecule has 0 fully saturated rings. The number of nitrogens with zero attached hydrogens (tertiary/aromatic N) is 3. The first-order valence-electron chi connectivity index (χ1n) is 5.11. The van der Waals surface area contributed by atoms with Gasteiger partial charge in [-0.2, -0.15) is 5.10 Å². The molecule has 0 saturated heterocycles. The lowest BCUT2D eigenvalue weighted by molar-refractivity contribution is 0.676. The molecule has 2 rings (SSSR count). The molecule has 4 nitrogen and oxygen atoms in total. The summed E-state index contributed by atoms with van der Waals surface area (Å²) in [5.74, 6) is 0.987. The summed E-state index contributed by atoms with van der Waals surface area (Å²) in [5.41, 5.74) is 7.71. The van der Waals surface area contributed by atoms with Crippen LogP contribution in [0.1, 0.15) is 25.3 Å². The molecule has 0 bridgehead atoms. The van der Waals surface area contributed by atoms with E-state index in [0.717, 1.165) is 24.1 Å². The molecule has 15 heavy (non-hydrogen) atoms. The largest absolute Gasteiger partial charge is 0.386 e. The number of hydrogen-bond acceptors (Lipinski definition) is 4. The standard InChI is InChI=1S/C11H14N4/c1-2-8-6-10(12)14-15-11(8)9-4-3-5-13-7-9/h3-5,7-8H,2,6H2,1H3,(H2,12,14). The van der Waals surface area contributed by atoms with Gasteiger partial charge in [-0.25, -0.2) is 0 Å². The third-order valence-electron chi connectivity index (χ3n) is 2.58. The van der Waals surface area contributed by atoms with Crippen LogP contribution >= 0.6 is 0 Å². The Balaban J connectivity index is 2.35. The molecule has 1 aromatic heterocycles. The summed E-state index contributed by atoms with van der Waals surface area (Å²) < 4.78 is 0. The molecule has 78 valence electrons. The Kier molecular flexibility index (Phi) is 2.76. The van der Waals surface area contributed by atoms with Crippen molar-refractivity contribution in [3.8, 4) is 0 Å². The Bertz CT molecular complexity index is 394. The molecule has 0 aromatic carbocycles. The van der Waals surface area contributed by atoms with E-state index in [4.69, 9.17) is 5.73 Å². The van der Waals surface area contributed by atoms with Crippen LogP contribution in [-0.2, 0) is 0 Å². The highest BCUT2D eigenvalue weighted by atomic mass is 15.2. The highest BCUT2D eigenvalue weighted by molar-refractivity contribution is 6.05. The maximum absolute atomic E-state index is 5.67. The van der Waals surface area contributed by atoms with Gasteiger partial charge in [0.1, 0.15) is 5.84 Å². The van der Waals surface area contributed by atoms with E-state index in [-0.39, 0.29) is 0 Å². The number of hydrogen-bond donors (Lipinski definition) is 1. The van der Waals surface area contributed by atoms with Gasteiger partial charge in [-0.05, 0) is 18.6 Å². The molecule has 1 atom stereocenters. The summed E-state index contributed by atoms with van der Waals surface area (Å²) in [4.78, 5) is 4.09. The molecule has 4 heteroatoms. The average Bonchev–Trinajstić information content (AvgIpc) is 2.30. The van der Waals surface area contributed by atoms with Crippen molar-refractivity contribution in [3.05, 3.63) is 30.1 Å². The van der Waals surface area contributed by atoms with Crippen molar-refractivity contribution >= 4 is 11.5 Å². The minimum absolute atomic E-state index is 0.367. The average molecular weight is 202 g/mol. The van der Waals surface area contributed by atoms with Crippen LogP contribution in [0.5, 0.6) is 0 Å². The second-order valence-corrected chi connectivity index (χ2v) is 3.63. The van der Waals surface area contributed by atoms with Crippen LogP contribution in [-0.4, -0.2) is 16.5 Å². The highest BCUT2D eigenvalue weighted by Crippen LogP contribution is 2.19. The fourth-order valence-corrected chi connectivity index (χ4v) is 1.74. The first-order chi connectivity index (χ1) is 7.31. The van der Waals surface area contributed by atoms with Crippen LogP contribution in [0.15, 0.2) is 34.7 Å². The number of aromatic nitrogens is 1. The first kappa shape index (κ1) is 9.83. The van der Waals surface area contributed by atoms with Gasteiger partial charge in [-0.1, -0.05) is 6.92 Å². The van der Waals surface area contributed by atoms with Crippen LogP contribution in [0, 0.1) is 5.92 Å². The van der Waals surface area contributed by atoms with Crippen LogP contribution < -0.4 is 5.73 Å². The van der Waals surface area contributed by atoms with Crippen molar-refractivity contribution < 1.29 is 0 Å². The molecule has 0 saturated carbocycles. The van der Waals surface area contributed by atoms with E-state index in [9.17, 15) is 0 Å². The van der Waals surface area contributed by atoms with E-state index in [1.54, 1.807) is 6.20 Å². The summed E-state index contributed by atoms with van der Waals surface area (Å²) in [5, 5.41) is 8.11. The van der Waals surface area contributed by atoms with Gasteiger partial charge in [-0.3, -0.25) is 4.98 Å². The lowest BCUT2D eigenvalue weighted by atomic mass is 9.91. The second kappa shape index (κ2) is 4.21. The molecule has 1 aliphatic heterocycles. The molecule has 1 aliphatic rings. The van der Waals surface area contributed by atoms with Crippen molar-refractivity contribution in [2.24, 2.45) is 21.9 Å². The quantitative estimate of drug-likeness (QED) is 0.791. The van der Waals surface area contributed by atoms with E-state index in [1.807, 2.05) is 18.3 Å². The van der Waals surface area contributed by atoms with Gasteiger partial charge in [0.25, 0.3) is 0 Å². The smallest absolute Gasteiger partial charge is 0.123 e. The van der Waals surface area contributed by atoms with Crippen molar-refractivity contribution in [1.29, 1.82) is 0 Å². The molecule has 2 N–H and O–H groups in total. The predicted molar refractivity (Wildman–Crippen MR) is 60.8 cm³/mol. The van der Waals surface area contributed by atoms with Crippen molar-refractivity contribution in [3.63, 3.8) is 0 Å². The molecule has 2 heterocycles. The SMILES string of the molecule is CCC1CC(N)=NN=C1c1cccnc1. The number of amidine groups is 1. The molecule has 1 unspecified atom stereocenters. The molecule has 0 spiro atoms. The van der Waals surface area contributed by atoms with E-state index in [2.05, 4.69) is 22.1 Å². The molecule has 0 aliphatic carbocycles. The predicted octanol–water partition coefficient (Wildman–Crippen LogP) is 1.57. The maximum Gasteiger partial charge on any atom is 0.123 e. The molecular weight excluding hydrogens is 188 g/mol. The minimum Gasteiger partial charge on any atom is -0.386 e. The van der Waals surface area contributed by atoms with Crippen LogP contribution in [0.25, 0.3) is 0 Å². The Labute approximate surface area is 88.9 Å². The summed E-state index contributed by atoms with van der Waals surface area (Å²) in [6.07, 6.45) is 5.39. The Morgan fingerprint density at radius 3 is 3.00 bits per heavy atom. The zero-order valence-corrected chi connectivity index (χ0v) is 8.72. The fourth-order valence-electron chi connectivity index (χ4n) is 1.74. The fraction of sp³-hybridized carbons (Fsp3) is 0.364. The summed E-state index contributed by atoms with van der Waals surface area (Å²) in [6, 6.07) is 3.91. The second-order valence-electron chi connectivity index (χ2n) is 3.63. The third-order valence-corrected chi connectivity index (χ3v) is 2.58. The molecule has 0 radical (unpaired) electrons. The van der Waals surface area contributed by atoms with E-state index >= 15 is 0 Å². The third kappa shape index (κ3) is 2.03. The van der Waals surface area contributed by atoms with Crippen LogP contribution in [0.4, 0.5) is 0 Å². The van der Waals surface area contributed by atoms with Gasteiger partial charge >= 0.3 is 0 Å². The Morgan fingerprint density at radius 2 is 2.33 bits per heavy atom. The van der Waals surface area contributed by atoms with Gasteiger partial charge in [0.15, 0.2) is 0 Å². The zero-order valence-electron chi connectivity index (χ0n) is 8.72. The van der Waals surface area contributed by atoms with Crippen LogP contribution in [0.2, 0.25) is 0 Å². The summed E-state index contributed by atoms with van der Waals surface area (Å²) in [7, 11) is 0. The van der Waals surface area contributed by atoms with Crippen molar-refractivity contribution in [2.45, 2.75) is 19.8 Å². The zero-order chi connectivity index (χ0) is 10.7. The summed E-state index contributed by atoms with van der Waals surface area (Å²) >= 11 is 0.